The molecule has 2 rings (SSSR count). The molecule has 23 heavy (non-hydrogen) atoms. The molecule has 0 saturated heterocycles. The molecular weight excluding hydrogens is 325 g/mol. The first-order chi connectivity index (χ1) is 10.9. The Hall–Kier alpha value is -2.26. The van der Waals surface area contributed by atoms with Crippen molar-refractivity contribution in [3.05, 3.63) is 52.2 Å². The highest BCUT2D eigenvalue weighted by atomic mass is 32.1. The predicted octanol–water partition coefficient (Wildman–Crippen LogP) is 4.56. The summed E-state index contributed by atoms with van der Waals surface area (Å²) in [5, 5.41) is 1.65. The lowest BCUT2D eigenvalue weighted by Gasteiger charge is -2.13. The van der Waals surface area contributed by atoms with E-state index >= 15 is 0 Å². The molecule has 2 aromatic rings. The smallest absolute Gasteiger partial charge is 0.402 e. The molecule has 1 atom stereocenters. The minimum atomic E-state index is -4.55. The summed E-state index contributed by atoms with van der Waals surface area (Å²) in [6.45, 7) is 0. The molecule has 0 amide bonds. The number of Topliss-reactive ketones (excluding diaryl/α,β-unsaturated/α-hetero) is 1. The summed E-state index contributed by atoms with van der Waals surface area (Å²) in [7, 11) is 1.50. The molecule has 1 heterocycles. The fraction of sp³-hybridized carbons (Fsp3) is 0.235. The number of benzene rings is 1. The van der Waals surface area contributed by atoms with Gasteiger partial charge in [-0.2, -0.15) is 13.2 Å². The van der Waals surface area contributed by atoms with Crippen molar-refractivity contribution in [3.63, 3.8) is 0 Å². The van der Waals surface area contributed by atoms with Gasteiger partial charge in [-0.1, -0.05) is 17.9 Å². The van der Waals surface area contributed by atoms with Gasteiger partial charge in [0, 0.05) is 12.0 Å². The number of hydrogen-bond donors (Lipinski definition) is 0. The Balaban J connectivity index is 2.16. The second kappa shape index (κ2) is 7.34. The zero-order valence-electron chi connectivity index (χ0n) is 12.2. The first kappa shape index (κ1) is 17.1. The van der Waals surface area contributed by atoms with E-state index in [1.54, 1.807) is 35.7 Å². The quantitative estimate of drug-likeness (QED) is 0.603. The van der Waals surface area contributed by atoms with E-state index < -0.39 is 24.3 Å². The van der Waals surface area contributed by atoms with Gasteiger partial charge in [0.25, 0.3) is 0 Å². The van der Waals surface area contributed by atoms with E-state index in [1.165, 1.54) is 13.2 Å². The molecule has 120 valence electrons. The van der Waals surface area contributed by atoms with E-state index in [0.717, 1.165) is 11.3 Å². The maximum Gasteiger partial charge on any atom is 0.402 e. The van der Waals surface area contributed by atoms with Gasteiger partial charge < -0.3 is 4.74 Å². The van der Waals surface area contributed by atoms with Crippen LogP contribution in [0.25, 0.3) is 0 Å². The van der Waals surface area contributed by atoms with Gasteiger partial charge in [0.05, 0.1) is 12.0 Å². The molecule has 0 fully saturated rings. The van der Waals surface area contributed by atoms with Crippen LogP contribution in [0.1, 0.15) is 21.7 Å². The molecule has 0 radical (unpaired) electrons. The van der Waals surface area contributed by atoms with Crippen LogP contribution in [0.3, 0.4) is 0 Å². The summed E-state index contributed by atoms with van der Waals surface area (Å²) in [4.78, 5) is 12.2. The first-order valence-electron chi connectivity index (χ1n) is 6.69. The number of ketones is 1. The third kappa shape index (κ3) is 4.86. The topological polar surface area (TPSA) is 26.3 Å². The molecular formula is C17H13F3O2S. The summed E-state index contributed by atoms with van der Waals surface area (Å²) in [6, 6.07) is 9.51. The zero-order chi connectivity index (χ0) is 16.9. The van der Waals surface area contributed by atoms with Crippen LogP contribution in [0.5, 0.6) is 5.75 Å². The van der Waals surface area contributed by atoms with Crippen molar-refractivity contribution in [2.75, 3.05) is 7.11 Å². The van der Waals surface area contributed by atoms with Crippen molar-refractivity contribution in [2.45, 2.75) is 12.6 Å². The van der Waals surface area contributed by atoms with Crippen LogP contribution in [0, 0.1) is 17.8 Å². The molecule has 0 bridgehead atoms. The average molecular weight is 338 g/mol. The summed E-state index contributed by atoms with van der Waals surface area (Å²) >= 11 is 1.12. The molecule has 0 spiro atoms. The van der Waals surface area contributed by atoms with Crippen molar-refractivity contribution in [1.29, 1.82) is 0 Å². The van der Waals surface area contributed by atoms with Gasteiger partial charge in [-0.05, 0) is 35.7 Å². The Bertz CT molecular complexity index is 707. The van der Waals surface area contributed by atoms with E-state index in [0.29, 0.717) is 16.2 Å². The Kier molecular flexibility index (Phi) is 5.45. The molecule has 1 aromatic heterocycles. The third-order valence-electron chi connectivity index (χ3n) is 3.06. The fourth-order valence-corrected chi connectivity index (χ4v) is 2.49. The number of thiophene rings is 1. The molecule has 0 aliphatic rings. The third-order valence-corrected chi connectivity index (χ3v) is 3.97. The van der Waals surface area contributed by atoms with E-state index in [4.69, 9.17) is 4.74 Å². The SMILES string of the molecule is COc1ccc(C#C[C@H](CC(=O)c2cccs2)C(F)(F)F)cc1. The largest absolute Gasteiger partial charge is 0.497 e. The van der Waals surface area contributed by atoms with Crippen LogP contribution in [0.2, 0.25) is 0 Å². The lowest BCUT2D eigenvalue weighted by Crippen LogP contribution is -2.24. The molecule has 6 heteroatoms. The maximum absolute atomic E-state index is 13.1. The van der Waals surface area contributed by atoms with Crippen molar-refractivity contribution < 1.29 is 22.7 Å². The van der Waals surface area contributed by atoms with Crippen molar-refractivity contribution in [3.8, 4) is 17.6 Å². The Morgan fingerprint density at radius 2 is 1.96 bits per heavy atom. The number of methoxy groups -OCH3 is 1. The number of hydrogen-bond acceptors (Lipinski definition) is 3. The summed E-state index contributed by atoms with van der Waals surface area (Å²) in [5.41, 5.74) is 0.434. The van der Waals surface area contributed by atoms with Crippen LogP contribution in [-0.4, -0.2) is 19.1 Å². The zero-order valence-corrected chi connectivity index (χ0v) is 13.0. The van der Waals surface area contributed by atoms with Crippen molar-refractivity contribution >= 4 is 17.1 Å². The number of carbonyl (C=O) groups excluding carboxylic acids is 1. The van der Waals surface area contributed by atoms with Crippen molar-refractivity contribution in [2.24, 2.45) is 5.92 Å². The molecule has 0 saturated carbocycles. The van der Waals surface area contributed by atoms with Gasteiger partial charge >= 0.3 is 6.18 Å². The van der Waals surface area contributed by atoms with Crippen LogP contribution in [0.15, 0.2) is 41.8 Å². The Morgan fingerprint density at radius 3 is 2.48 bits per heavy atom. The summed E-state index contributed by atoms with van der Waals surface area (Å²) in [5.74, 6) is 2.71. The highest BCUT2D eigenvalue weighted by Crippen LogP contribution is 2.30. The van der Waals surface area contributed by atoms with Crippen LogP contribution >= 0.6 is 11.3 Å². The summed E-state index contributed by atoms with van der Waals surface area (Å²) < 4.78 is 44.2. The standard InChI is InChI=1S/C17H13F3O2S/c1-22-14-8-5-12(6-9-14)4-7-13(17(18,19)20)11-15(21)16-3-2-10-23-16/h2-3,5-6,8-10,13H,11H2,1H3/t13-/m1/s1. The van der Waals surface area contributed by atoms with Crippen molar-refractivity contribution in [1.82, 2.24) is 0 Å². The monoisotopic (exact) mass is 338 g/mol. The average Bonchev–Trinajstić information content (AvgIpc) is 3.05. The molecule has 0 aliphatic heterocycles. The van der Waals surface area contributed by atoms with Gasteiger partial charge in [-0.15, -0.1) is 11.3 Å². The van der Waals surface area contributed by atoms with Crippen LogP contribution in [0.4, 0.5) is 13.2 Å². The normalized spacial score (nSPS) is 12.2. The number of halogens is 3. The number of ether oxygens (including phenoxy) is 1. The number of rotatable bonds is 4. The Morgan fingerprint density at radius 1 is 1.26 bits per heavy atom. The Labute approximate surface area is 135 Å². The van der Waals surface area contributed by atoms with Gasteiger partial charge in [-0.3, -0.25) is 4.79 Å². The molecule has 2 nitrogen and oxygen atoms in total. The van der Waals surface area contributed by atoms with Crippen LogP contribution < -0.4 is 4.74 Å². The molecule has 1 aromatic carbocycles. The highest BCUT2D eigenvalue weighted by molar-refractivity contribution is 7.12. The summed E-state index contributed by atoms with van der Waals surface area (Å²) in [6.07, 6.45) is -5.22. The van der Waals surface area contributed by atoms with Gasteiger partial charge in [0.2, 0.25) is 0 Å². The fourth-order valence-electron chi connectivity index (χ4n) is 1.82. The van der Waals surface area contributed by atoms with Gasteiger partial charge in [-0.25, -0.2) is 0 Å². The van der Waals surface area contributed by atoms with Gasteiger partial charge in [0.1, 0.15) is 11.7 Å². The first-order valence-corrected chi connectivity index (χ1v) is 7.57. The van der Waals surface area contributed by atoms with E-state index in [9.17, 15) is 18.0 Å². The molecule has 0 unspecified atom stereocenters. The number of alkyl halides is 3. The lowest BCUT2D eigenvalue weighted by atomic mass is 10.0. The minimum Gasteiger partial charge on any atom is -0.497 e. The second-order valence-corrected chi connectivity index (χ2v) is 5.64. The lowest BCUT2D eigenvalue weighted by molar-refractivity contribution is -0.157. The maximum atomic E-state index is 13.1. The number of carbonyl (C=O) groups is 1. The molecule has 0 aliphatic carbocycles. The van der Waals surface area contributed by atoms with E-state index in [1.807, 2.05) is 0 Å². The molecule has 0 N–H and O–H groups in total. The van der Waals surface area contributed by atoms with Gasteiger partial charge in [0.15, 0.2) is 5.78 Å². The van der Waals surface area contributed by atoms with E-state index in [2.05, 4.69) is 11.8 Å². The van der Waals surface area contributed by atoms with E-state index in [-0.39, 0.29) is 0 Å². The predicted molar refractivity (Wildman–Crippen MR) is 82.7 cm³/mol. The minimum absolute atomic E-state index is 0.311. The van der Waals surface area contributed by atoms with Crippen LogP contribution in [-0.2, 0) is 0 Å². The second-order valence-electron chi connectivity index (χ2n) is 4.70. The highest BCUT2D eigenvalue weighted by Gasteiger charge is 2.40.